The van der Waals surface area contributed by atoms with E-state index in [0.717, 1.165) is 37.4 Å². The van der Waals surface area contributed by atoms with E-state index in [1.54, 1.807) is 10.9 Å². The van der Waals surface area contributed by atoms with Gasteiger partial charge >= 0.3 is 0 Å². The van der Waals surface area contributed by atoms with Gasteiger partial charge in [0.1, 0.15) is 11.5 Å². The Morgan fingerprint density at radius 2 is 1.66 bits per heavy atom. The lowest BCUT2D eigenvalue weighted by Crippen LogP contribution is -2.43. The molecule has 2 fully saturated rings. The summed E-state index contributed by atoms with van der Waals surface area (Å²) in [5.41, 5.74) is 1.95. The average molecular weight is 433 g/mol. The highest BCUT2D eigenvalue weighted by Crippen LogP contribution is 2.29. The summed E-state index contributed by atoms with van der Waals surface area (Å²) in [5.74, 6) is 1.58. The zero-order valence-electron chi connectivity index (χ0n) is 18.4. The fourth-order valence-corrected chi connectivity index (χ4v) is 4.68. The zero-order valence-corrected chi connectivity index (χ0v) is 18.4. The summed E-state index contributed by atoms with van der Waals surface area (Å²) in [6.45, 7) is 4.79. The van der Waals surface area contributed by atoms with Gasteiger partial charge in [0.05, 0.1) is 11.3 Å². The minimum Gasteiger partial charge on any atom is -0.460 e. The van der Waals surface area contributed by atoms with Crippen molar-refractivity contribution in [3.8, 4) is 17.1 Å². The number of hydrogen-bond donors (Lipinski definition) is 0. The Labute approximate surface area is 187 Å². The first kappa shape index (κ1) is 20.5. The van der Waals surface area contributed by atoms with E-state index >= 15 is 0 Å². The molecule has 1 aromatic carbocycles. The topological polar surface area (TPSA) is 71.6 Å². The Hall–Kier alpha value is -3.35. The van der Waals surface area contributed by atoms with Crippen LogP contribution in [0.1, 0.15) is 41.8 Å². The normalized spacial score (nSPS) is 17.2. The molecule has 0 radical (unpaired) electrons. The highest BCUT2D eigenvalue weighted by Gasteiger charge is 2.33. The largest absolute Gasteiger partial charge is 0.460 e. The Morgan fingerprint density at radius 1 is 0.938 bits per heavy atom. The second-order valence-electron chi connectivity index (χ2n) is 8.68. The maximum absolute atomic E-state index is 13.5. The van der Waals surface area contributed by atoms with Crippen LogP contribution in [-0.2, 0) is 4.79 Å². The predicted molar refractivity (Wildman–Crippen MR) is 120 cm³/mol. The highest BCUT2D eigenvalue weighted by molar-refractivity contribution is 5.99. The van der Waals surface area contributed by atoms with Gasteiger partial charge in [0, 0.05) is 38.3 Å². The molecule has 32 heavy (non-hydrogen) atoms. The van der Waals surface area contributed by atoms with Crippen molar-refractivity contribution in [2.45, 2.75) is 32.6 Å². The van der Waals surface area contributed by atoms with Crippen molar-refractivity contribution in [3.63, 3.8) is 0 Å². The lowest BCUT2D eigenvalue weighted by Gasteiger charge is -2.33. The summed E-state index contributed by atoms with van der Waals surface area (Å²) in [6.07, 6.45) is 5.41. The lowest BCUT2D eigenvalue weighted by molar-refractivity contribution is -0.135. The summed E-state index contributed by atoms with van der Waals surface area (Å²) in [6, 6.07) is 13.5. The molecular weight excluding hydrogens is 404 g/mol. The van der Waals surface area contributed by atoms with Crippen LogP contribution >= 0.6 is 0 Å². The molecule has 0 saturated carbocycles. The number of furan rings is 1. The Morgan fingerprint density at radius 3 is 2.31 bits per heavy atom. The van der Waals surface area contributed by atoms with Crippen LogP contribution < -0.4 is 0 Å². The van der Waals surface area contributed by atoms with E-state index in [9.17, 15) is 9.59 Å². The first-order chi connectivity index (χ1) is 15.6. The summed E-state index contributed by atoms with van der Waals surface area (Å²) < 4.78 is 7.53. The summed E-state index contributed by atoms with van der Waals surface area (Å²) in [5, 5.41) is 4.69. The smallest absolute Gasteiger partial charge is 0.257 e. The number of aryl methyl sites for hydroxylation is 1. The first-order valence-corrected chi connectivity index (χ1v) is 11.4. The van der Waals surface area contributed by atoms with E-state index in [-0.39, 0.29) is 17.7 Å². The molecule has 7 nitrogen and oxygen atoms in total. The number of rotatable bonds is 4. The van der Waals surface area contributed by atoms with Gasteiger partial charge in [-0.2, -0.15) is 5.10 Å². The lowest BCUT2D eigenvalue weighted by atomic mass is 9.95. The molecule has 0 N–H and O–H groups in total. The molecule has 2 aromatic heterocycles. The van der Waals surface area contributed by atoms with Crippen LogP contribution in [0.25, 0.3) is 17.1 Å². The van der Waals surface area contributed by atoms with Gasteiger partial charge in [0.25, 0.3) is 5.91 Å². The van der Waals surface area contributed by atoms with Crippen LogP contribution in [-0.4, -0.2) is 57.6 Å². The van der Waals surface area contributed by atoms with Crippen LogP contribution in [0, 0.1) is 12.8 Å². The van der Waals surface area contributed by atoms with Gasteiger partial charge in [-0.3, -0.25) is 9.59 Å². The first-order valence-electron chi connectivity index (χ1n) is 11.4. The SMILES string of the molecule is Cc1ccc(-c2nn(-c3ccccc3)cc2C(=O)N2CCC(C(=O)N3CCCC3)CC2)o1. The quantitative estimate of drug-likeness (QED) is 0.627. The van der Waals surface area contributed by atoms with Crippen molar-refractivity contribution in [2.24, 2.45) is 5.92 Å². The van der Waals surface area contributed by atoms with E-state index in [1.165, 1.54) is 0 Å². The van der Waals surface area contributed by atoms with Crippen molar-refractivity contribution >= 4 is 11.8 Å². The van der Waals surface area contributed by atoms with E-state index in [1.807, 2.05) is 59.2 Å². The number of carbonyl (C=O) groups is 2. The summed E-state index contributed by atoms with van der Waals surface area (Å²) in [7, 11) is 0. The summed E-state index contributed by atoms with van der Waals surface area (Å²) in [4.78, 5) is 30.1. The van der Waals surface area contributed by atoms with Crippen molar-refractivity contribution < 1.29 is 14.0 Å². The van der Waals surface area contributed by atoms with Crippen molar-refractivity contribution in [3.05, 3.63) is 60.0 Å². The minimum absolute atomic E-state index is 0.0244. The molecule has 7 heteroatoms. The third-order valence-corrected chi connectivity index (χ3v) is 6.49. The molecule has 166 valence electrons. The molecule has 2 saturated heterocycles. The molecule has 0 atom stereocenters. The number of benzene rings is 1. The molecule has 2 amide bonds. The molecule has 0 bridgehead atoms. The van der Waals surface area contributed by atoms with Gasteiger partial charge < -0.3 is 14.2 Å². The molecule has 0 unspecified atom stereocenters. The Bertz CT molecular complexity index is 1100. The van der Waals surface area contributed by atoms with Crippen molar-refractivity contribution in [1.82, 2.24) is 19.6 Å². The second-order valence-corrected chi connectivity index (χ2v) is 8.68. The van der Waals surface area contributed by atoms with Crippen molar-refractivity contribution in [2.75, 3.05) is 26.2 Å². The fourth-order valence-electron chi connectivity index (χ4n) is 4.68. The molecule has 0 spiro atoms. The molecule has 0 aliphatic carbocycles. The Kier molecular flexibility index (Phi) is 5.55. The van der Waals surface area contributed by atoms with Gasteiger partial charge in [-0.05, 0) is 56.9 Å². The van der Waals surface area contributed by atoms with Gasteiger partial charge in [0.2, 0.25) is 5.91 Å². The number of amides is 2. The number of hydrogen-bond acceptors (Lipinski definition) is 4. The number of carbonyl (C=O) groups excluding carboxylic acids is 2. The van der Waals surface area contributed by atoms with Crippen LogP contribution in [0.4, 0.5) is 0 Å². The minimum atomic E-state index is -0.0664. The predicted octanol–water partition coefficient (Wildman–Crippen LogP) is 3.92. The van der Waals surface area contributed by atoms with Gasteiger partial charge in [0.15, 0.2) is 5.76 Å². The van der Waals surface area contributed by atoms with E-state index in [2.05, 4.69) is 0 Å². The maximum Gasteiger partial charge on any atom is 0.257 e. The molecule has 4 heterocycles. The molecule has 2 aliphatic rings. The maximum atomic E-state index is 13.5. The second kappa shape index (κ2) is 8.65. The molecule has 3 aromatic rings. The highest BCUT2D eigenvalue weighted by atomic mass is 16.3. The van der Waals surface area contributed by atoms with Crippen LogP contribution in [0.5, 0.6) is 0 Å². The summed E-state index contributed by atoms with van der Waals surface area (Å²) >= 11 is 0. The number of likely N-dealkylation sites (tertiary alicyclic amines) is 2. The number of nitrogens with zero attached hydrogens (tertiary/aromatic N) is 4. The van der Waals surface area contributed by atoms with E-state index < -0.39 is 0 Å². The van der Waals surface area contributed by atoms with Crippen molar-refractivity contribution in [1.29, 1.82) is 0 Å². The van der Waals surface area contributed by atoms with E-state index in [0.29, 0.717) is 42.9 Å². The van der Waals surface area contributed by atoms with Crippen LogP contribution in [0.15, 0.2) is 53.1 Å². The third-order valence-electron chi connectivity index (χ3n) is 6.49. The van der Waals surface area contributed by atoms with Gasteiger partial charge in [-0.25, -0.2) is 4.68 Å². The third kappa shape index (κ3) is 3.95. The number of aromatic nitrogens is 2. The number of para-hydroxylation sites is 1. The standard InChI is InChI=1S/C25H28N4O3/c1-18-9-10-22(32-18)23-21(17-29(26-23)20-7-3-2-4-8-20)25(31)28-15-11-19(12-16-28)24(30)27-13-5-6-14-27/h2-4,7-10,17,19H,5-6,11-16H2,1H3. The fraction of sp³-hybridized carbons (Fsp3) is 0.400. The molecular formula is C25H28N4O3. The molecule has 2 aliphatic heterocycles. The van der Waals surface area contributed by atoms with Gasteiger partial charge in [-0.15, -0.1) is 0 Å². The Balaban J connectivity index is 1.37. The monoisotopic (exact) mass is 432 g/mol. The zero-order chi connectivity index (χ0) is 22.1. The van der Waals surface area contributed by atoms with E-state index in [4.69, 9.17) is 9.52 Å². The van der Waals surface area contributed by atoms with Gasteiger partial charge in [-0.1, -0.05) is 18.2 Å². The van der Waals surface area contributed by atoms with Crippen LogP contribution in [0.2, 0.25) is 0 Å². The molecule has 5 rings (SSSR count). The average Bonchev–Trinajstić information content (AvgIpc) is 3.59. The van der Waals surface area contributed by atoms with Crippen LogP contribution in [0.3, 0.4) is 0 Å². The number of piperidine rings is 1.